The normalized spacial score (nSPS) is 16.9. The third-order valence-electron chi connectivity index (χ3n) is 3.43. The quantitative estimate of drug-likeness (QED) is 0.688. The van der Waals surface area contributed by atoms with Crippen molar-refractivity contribution in [2.24, 2.45) is 0 Å². The van der Waals surface area contributed by atoms with Crippen LogP contribution in [-0.4, -0.2) is 64.5 Å². The van der Waals surface area contributed by atoms with Crippen molar-refractivity contribution in [2.75, 3.05) is 39.5 Å². The first kappa shape index (κ1) is 14.4. The second-order valence-electron chi connectivity index (χ2n) is 4.96. The zero-order valence-corrected chi connectivity index (χ0v) is 11.5. The Morgan fingerprint density at radius 3 is 2.79 bits per heavy atom. The number of hydrogen-bond donors (Lipinski definition) is 1. The first-order valence-corrected chi connectivity index (χ1v) is 7.18. The Balaban J connectivity index is 1.65. The van der Waals surface area contributed by atoms with Crippen molar-refractivity contribution in [2.45, 2.75) is 32.2 Å². The number of aromatic nitrogens is 3. The van der Waals surface area contributed by atoms with E-state index in [1.165, 1.54) is 0 Å². The van der Waals surface area contributed by atoms with Crippen LogP contribution in [0.2, 0.25) is 0 Å². The van der Waals surface area contributed by atoms with E-state index in [1.54, 1.807) is 0 Å². The van der Waals surface area contributed by atoms with Gasteiger partial charge in [0.25, 0.3) is 0 Å². The average Bonchev–Trinajstić information content (AvgIpc) is 2.91. The molecule has 0 saturated carbocycles. The van der Waals surface area contributed by atoms with Crippen LogP contribution in [0, 0.1) is 0 Å². The highest BCUT2D eigenvalue weighted by molar-refractivity contribution is 4.92. The van der Waals surface area contributed by atoms with Gasteiger partial charge in [-0.25, -0.2) is 0 Å². The fraction of sp³-hybridized carbons (Fsp3) is 0.846. The summed E-state index contributed by atoms with van der Waals surface area (Å²) in [6.07, 6.45) is 6.00. The molecule has 108 valence electrons. The van der Waals surface area contributed by atoms with Crippen molar-refractivity contribution >= 4 is 0 Å². The minimum Gasteiger partial charge on any atom is -0.396 e. The molecule has 0 bridgehead atoms. The first-order valence-electron chi connectivity index (χ1n) is 7.18. The molecule has 2 heterocycles. The molecule has 1 N–H and O–H groups in total. The maximum Gasteiger partial charge on any atom is 0.0827 e. The number of nitrogens with zero attached hydrogens (tertiary/aromatic N) is 4. The second kappa shape index (κ2) is 8.24. The third-order valence-corrected chi connectivity index (χ3v) is 3.43. The summed E-state index contributed by atoms with van der Waals surface area (Å²) in [4.78, 5) is 2.39. The van der Waals surface area contributed by atoms with Crippen molar-refractivity contribution in [1.82, 2.24) is 19.9 Å². The molecule has 1 saturated heterocycles. The summed E-state index contributed by atoms with van der Waals surface area (Å²) >= 11 is 0. The molecule has 0 aromatic carbocycles. The molecule has 1 aliphatic heterocycles. The van der Waals surface area contributed by atoms with Crippen LogP contribution in [0.3, 0.4) is 0 Å². The van der Waals surface area contributed by atoms with Crippen molar-refractivity contribution < 1.29 is 9.84 Å². The monoisotopic (exact) mass is 268 g/mol. The highest BCUT2D eigenvalue weighted by Crippen LogP contribution is 2.03. The minimum atomic E-state index is 0.284. The topological polar surface area (TPSA) is 63.4 Å². The number of ether oxygens (including phenoxy) is 1. The van der Waals surface area contributed by atoms with Crippen LogP contribution in [0.25, 0.3) is 0 Å². The predicted octanol–water partition coefficient (Wildman–Crippen LogP) is 0.315. The van der Waals surface area contributed by atoms with Gasteiger partial charge in [-0.1, -0.05) is 11.6 Å². The van der Waals surface area contributed by atoms with Crippen molar-refractivity contribution in [3.63, 3.8) is 0 Å². The van der Waals surface area contributed by atoms with E-state index < -0.39 is 0 Å². The third kappa shape index (κ3) is 5.26. The zero-order valence-electron chi connectivity index (χ0n) is 11.5. The Morgan fingerprint density at radius 1 is 1.16 bits per heavy atom. The van der Waals surface area contributed by atoms with Gasteiger partial charge < -0.3 is 9.84 Å². The summed E-state index contributed by atoms with van der Waals surface area (Å²) in [6.45, 7) is 5.90. The number of rotatable bonds is 8. The largest absolute Gasteiger partial charge is 0.396 e. The Labute approximate surface area is 114 Å². The summed E-state index contributed by atoms with van der Waals surface area (Å²) < 4.78 is 7.25. The van der Waals surface area contributed by atoms with E-state index in [9.17, 15) is 0 Å². The number of hydrogen-bond acceptors (Lipinski definition) is 5. The van der Waals surface area contributed by atoms with Gasteiger partial charge in [0.05, 0.1) is 25.5 Å². The minimum absolute atomic E-state index is 0.284. The maximum atomic E-state index is 8.72. The Morgan fingerprint density at radius 2 is 2.00 bits per heavy atom. The molecule has 2 rings (SSSR count). The second-order valence-corrected chi connectivity index (χ2v) is 4.96. The van der Waals surface area contributed by atoms with E-state index in [0.29, 0.717) is 0 Å². The van der Waals surface area contributed by atoms with Gasteiger partial charge >= 0.3 is 0 Å². The molecule has 6 heteroatoms. The Hall–Kier alpha value is -0.980. The maximum absolute atomic E-state index is 8.72. The highest BCUT2D eigenvalue weighted by atomic mass is 16.5. The van der Waals surface area contributed by atoms with Crippen LogP contribution in [0.15, 0.2) is 6.20 Å². The molecule has 6 nitrogen and oxygen atoms in total. The smallest absolute Gasteiger partial charge is 0.0827 e. The average molecular weight is 268 g/mol. The van der Waals surface area contributed by atoms with Gasteiger partial charge in [-0.2, -0.15) is 0 Å². The summed E-state index contributed by atoms with van der Waals surface area (Å²) in [5, 5.41) is 17.1. The molecule has 0 radical (unpaired) electrons. The molecular weight excluding hydrogens is 244 g/mol. The first-order chi connectivity index (χ1) is 9.38. The van der Waals surface area contributed by atoms with Crippen LogP contribution < -0.4 is 0 Å². The lowest BCUT2D eigenvalue weighted by Gasteiger charge is -2.26. The molecule has 1 aliphatic rings. The van der Waals surface area contributed by atoms with Crippen molar-refractivity contribution in [3.8, 4) is 0 Å². The number of aliphatic hydroxyl groups excluding tert-OH is 1. The fourth-order valence-corrected chi connectivity index (χ4v) is 2.23. The van der Waals surface area contributed by atoms with E-state index in [-0.39, 0.29) is 6.61 Å². The molecule has 1 aromatic rings. The van der Waals surface area contributed by atoms with Crippen molar-refractivity contribution in [3.05, 3.63) is 11.9 Å². The SMILES string of the molecule is OCCCCCc1cn(CCN2CCOCC2)nn1. The summed E-state index contributed by atoms with van der Waals surface area (Å²) in [6, 6.07) is 0. The number of aryl methyl sites for hydroxylation is 1. The molecule has 1 aromatic heterocycles. The zero-order chi connectivity index (χ0) is 13.3. The predicted molar refractivity (Wildman–Crippen MR) is 71.9 cm³/mol. The molecule has 0 aliphatic carbocycles. The van der Waals surface area contributed by atoms with Gasteiger partial charge in [0.1, 0.15) is 0 Å². The summed E-state index contributed by atoms with van der Waals surface area (Å²) in [5.74, 6) is 0. The van der Waals surface area contributed by atoms with Crippen LogP contribution in [0.5, 0.6) is 0 Å². The number of morpholine rings is 1. The molecule has 0 atom stereocenters. The van der Waals surface area contributed by atoms with Gasteiger partial charge in [-0.3, -0.25) is 9.58 Å². The van der Waals surface area contributed by atoms with Gasteiger partial charge in [-0.15, -0.1) is 5.10 Å². The van der Waals surface area contributed by atoms with Crippen molar-refractivity contribution in [1.29, 1.82) is 0 Å². The lowest BCUT2D eigenvalue weighted by atomic mass is 10.2. The highest BCUT2D eigenvalue weighted by Gasteiger charge is 2.10. The molecule has 1 fully saturated rings. The van der Waals surface area contributed by atoms with Crippen LogP contribution in [0.1, 0.15) is 25.0 Å². The van der Waals surface area contributed by atoms with Gasteiger partial charge in [0.15, 0.2) is 0 Å². The molecular formula is C13H24N4O2. The van der Waals surface area contributed by atoms with Gasteiger partial charge in [0.2, 0.25) is 0 Å². The van der Waals surface area contributed by atoms with E-state index >= 15 is 0 Å². The molecule has 0 spiro atoms. The lowest BCUT2D eigenvalue weighted by Crippen LogP contribution is -2.38. The van der Waals surface area contributed by atoms with E-state index in [4.69, 9.17) is 9.84 Å². The molecule has 0 amide bonds. The summed E-state index contributed by atoms with van der Waals surface area (Å²) in [5.41, 5.74) is 1.06. The standard InChI is InChI=1S/C13H24N4O2/c18-9-3-1-2-4-13-12-17(15-14-13)6-5-16-7-10-19-11-8-16/h12,18H,1-11H2. The molecule has 0 unspecified atom stereocenters. The number of aliphatic hydroxyl groups is 1. The Kier molecular flexibility index (Phi) is 6.26. The molecule has 19 heavy (non-hydrogen) atoms. The van der Waals surface area contributed by atoms with Gasteiger partial charge in [-0.05, 0) is 19.3 Å². The Bertz CT molecular complexity index is 350. The van der Waals surface area contributed by atoms with Crippen LogP contribution >= 0.6 is 0 Å². The lowest BCUT2D eigenvalue weighted by molar-refractivity contribution is 0.0359. The van der Waals surface area contributed by atoms with Gasteiger partial charge in [0, 0.05) is 32.4 Å². The van der Waals surface area contributed by atoms with E-state index in [2.05, 4.69) is 15.2 Å². The number of unbranched alkanes of at least 4 members (excludes halogenated alkanes) is 2. The fourth-order valence-electron chi connectivity index (χ4n) is 2.23. The summed E-state index contributed by atoms with van der Waals surface area (Å²) in [7, 11) is 0. The van der Waals surface area contributed by atoms with E-state index in [1.807, 2.05) is 10.9 Å². The van der Waals surface area contributed by atoms with Crippen LogP contribution in [0.4, 0.5) is 0 Å². The van der Waals surface area contributed by atoms with E-state index in [0.717, 1.165) is 70.8 Å². The van der Waals surface area contributed by atoms with Crippen LogP contribution in [-0.2, 0) is 17.7 Å².